The molecule has 0 bridgehead atoms. The van der Waals surface area contributed by atoms with Gasteiger partial charge in [-0.05, 0) is 31.2 Å². The van der Waals surface area contributed by atoms with Crippen molar-refractivity contribution in [2.75, 3.05) is 12.9 Å². The van der Waals surface area contributed by atoms with Crippen molar-refractivity contribution in [2.24, 2.45) is 0 Å². The number of hydrogen-bond acceptors (Lipinski definition) is 3. The molecular formula is C11H13ClN2O. The second kappa shape index (κ2) is 4.64. The fourth-order valence-electron chi connectivity index (χ4n) is 1.68. The Hall–Kier alpha value is -1.06. The van der Waals surface area contributed by atoms with Gasteiger partial charge in [-0.1, -0.05) is 6.07 Å². The third kappa shape index (κ3) is 2.13. The summed E-state index contributed by atoms with van der Waals surface area (Å²) in [5.74, 6) is 0.639. The molecule has 0 saturated heterocycles. The lowest BCUT2D eigenvalue weighted by Crippen LogP contribution is -2.16. The van der Waals surface area contributed by atoms with E-state index in [0.29, 0.717) is 5.88 Å². The number of benzene rings is 1. The maximum atomic E-state index is 5.75. The molecule has 1 aromatic heterocycles. The van der Waals surface area contributed by atoms with Gasteiger partial charge in [0, 0.05) is 11.9 Å². The van der Waals surface area contributed by atoms with E-state index in [1.165, 1.54) is 12.0 Å². The number of rotatable bonds is 4. The molecule has 3 nitrogen and oxygen atoms in total. The predicted octanol–water partition coefficient (Wildman–Crippen LogP) is 2.72. The highest BCUT2D eigenvalue weighted by Gasteiger charge is 2.09. The van der Waals surface area contributed by atoms with Gasteiger partial charge in [0.1, 0.15) is 5.52 Å². The molecule has 0 saturated carbocycles. The van der Waals surface area contributed by atoms with Gasteiger partial charge in [-0.25, -0.2) is 4.98 Å². The summed E-state index contributed by atoms with van der Waals surface area (Å²) in [6.07, 6.45) is 2.36. The van der Waals surface area contributed by atoms with Crippen LogP contribution >= 0.6 is 11.6 Å². The third-order valence-electron chi connectivity index (χ3n) is 2.50. The Bertz CT molecular complexity index is 441. The van der Waals surface area contributed by atoms with Crippen molar-refractivity contribution in [3.05, 3.63) is 30.2 Å². The fourth-order valence-corrected chi connectivity index (χ4v) is 1.89. The molecule has 80 valence electrons. The summed E-state index contributed by atoms with van der Waals surface area (Å²) >= 11 is 5.75. The van der Waals surface area contributed by atoms with Crippen LogP contribution in [0.1, 0.15) is 18.0 Å². The van der Waals surface area contributed by atoms with Crippen LogP contribution in [0.3, 0.4) is 0 Å². The normalized spacial score (nSPS) is 13.2. The standard InChI is InChI=1S/C11H13ClN2O/c1-13-9(4-5-12)8-2-3-10-11(6-8)15-7-14-10/h2-3,6-7,9,13H,4-5H2,1H3. The van der Waals surface area contributed by atoms with Gasteiger partial charge in [-0.2, -0.15) is 0 Å². The maximum absolute atomic E-state index is 5.75. The van der Waals surface area contributed by atoms with Crippen LogP contribution in [-0.2, 0) is 0 Å². The van der Waals surface area contributed by atoms with Gasteiger partial charge in [-0.15, -0.1) is 11.6 Å². The average Bonchev–Trinajstić information content (AvgIpc) is 2.72. The Morgan fingerprint density at radius 1 is 1.53 bits per heavy atom. The van der Waals surface area contributed by atoms with Crippen molar-refractivity contribution in [3.63, 3.8) is 0 Å². The number of nitrogens with zero attached hydrogens (tertiary/aromatic N) is 1. The van der Waals surface area contributed by atoms with Gasteiger partial charge >= 0.3 is 0 Å². The first kappa shape index (κ1) is 10.5. The van der Waals surface area contributed by atoms with Crippen molar-refractivity contribution >= 4 is 22.7 Å². The molecule has 1 N–H and O–H groups in total. The molecular weight excluding hydrogens is 212 g/mol. The molecule has 0 aliphatic rings. The van der Waals surface area contributed by atoms with Gasteiger partial charge in [0.15, 0.2) is 12.0 Å². The zero-order valence-electron chi connectivity index (χ0n) is 8.53. The minimum Gasteiger partial charge on any atom is -0.443 e. The summed E-state index contributed by atoms with van der Waals surface area (Å²) in [5.41, 5.74) is 2.89. The van der Waals surface area contributed by atoms with Gasteiger partial charge in [-0.3, -0.25) is 0 Å². The maximum Gasteiger partial charge on any atom is 0.181 e. The number of aromatic nitrogens is 1. The summed E-state index contributed by atoms with van der Waals surface area (Å²) in [4.78, 5) is 4.08. The second-order valence-corrected chi connectivity index (χ2v) is 3.78. The SMILES string of the molecule is CNC(CCCl)c1ccc2ncoc2c1. The van der Waals surface area contributed by atoms with E-state index >= 15 is 0 Å². The van der Waals surface area contributed by atoms with Crippen molar-refractivity contribution in [2.45, 2.75) is 12.5 Å². The first-order chi connectivity index (χ1) is 7.35. The Morgan fingerprint density at radius 2 is 2.40 bits per heavy atom. The summed E-state index contributed by atoms with van der Waals surface area (Å²) in [6.45, 7) is 0. The van der Waals surface area contributed by atoms with E-state index in [1.807, 2.05) is 19.2 Å². The molecule has 2 rings (SSSR count). The molecule has 0 aliphatic heterocycles. The van der Waals surface area contributed by atoms with E-state index in [9.17, 15) is 0 Å². The molecule has 0 aliphatic carbocycles. The minimum atomic E-state index is 0.275. The molecule has 0 amide bonds. The number of hydrogen-bond donors (Lipinski definition) is 1. The van der Waals surface area contributed by atoms with E-state index in [2.05, 4.69) is 16.4 Å². The smallest absolute Gasteiger partial charge is 0.181 e. The van der Waals surface area contributed by atoms with E-state index in [0.717, 1.165) is 17.5 Å². The molecule has 0 fully saturated rings. The molecule has 1 heterocycles. The highest BCUT2D eigenvalue weighted by atomic mass is 35.5. The van der Waals surface area contributed by atoms with Gasteiger partial charge in [0.25, 0.3) is 0 Å². The van der Waals surface area contributed by atoms with E-state index in [4.69, 9.17) is 16.0 Å². The van der Waals surface area contributed by atoms with Crippen LogP contribution in [0.25, 0.3) is 11.1 Å². The Kier molecular flexibility index (Phi) is 3.23. The van der Waals surface area contributed by atoms with Crippen LogP contribution in [0, 0.1) is 0 Å². The van der Waals surface area contributed by atoms with Gasteiger partial charge in [0.05, 0.1) is 0 Å². The summed E-state index contributed by atoms with van der Waals surface area (Å²) in [6, 6.07) is 6.30. The van der Waals surface area contributed by atoms with Crippen LogP contribution in [0.2, 0.25) is 0 Å². The van der Waals surface area contributed by atoms with Gasteiger partial charge in [0.2, 0.25) is 0 Å². The zero-order chi connectivity index (χ0) is 10.7. The van der Waals surface area contributed by atoms with Crippen LogP contribution in [0.15, 0.2) is 29.0 Å². The Labute approximate surface area is 93.4 Å². The topological polar surface area (TPSA) is 38.1 Å². The quantitative estimate of drug-likeness (QED) is 0.812. The molecule has 15 heavy (non-hydrogen) atoms. The summed E-state index contributed by atoms with van der Waals surface area (Å²) in [7, 11) is 1.93. The number of alkyl halides is 1. The Balaban J connectivity index is 2.33. The predicted molar refractivity (Wildman–Crippen MR) is 61.1 cm³/mol. The molecule has 0 spiro atoms. The van der Waals surface area contributed by atoms with E-state index < -0.39 is 0 Å². The van der Waals surface area contributed by atoms with E-state index in [-0.39, 0.29) is 6.04 Å². The molecule has 1 aromatic carbocycles. The highest BCUT2D eigenvalue weighted by Crippen LogP contribution is 2.21. The molecule has 1 unspecified atom stereocenters. The summed E-state index contributed by atoms with van der Waals surface area (Å²) < 4.78 is 5.26. The van der Waals surface area contributed by atoms with Crippen molar-refractivity contribution < 1.29 is 4.42 Å². The molecule has 2 aromatic rings. The second-order valence-electron chi connectivity index (χ2n) is 3.40. The fraction of sp³-hybridized carbons (Fsp3) is 0.364. The van der Waals surface area contributed by atoms with Crippen LogP contribution < -0.4 is 5.32 Å². The number of nitrogens with one attached hydrogen (secondary N) is 1. The minimum absolute atomic E-state index is 0.275. The zero-order valence-corrected chi connectivity index (χ0v) is 9.29. The highest BCUT2D eigenvalue weighted by molar-refractivity contribution is 6.17. The van der Waals surface area contributed by atoms with Crippen LogP contribution in [0.4, 0.5) is 0 Å². The molecule has 0 radical (unpaired) electrons. The molecule has 4 heteroatoms. The Morgan fingerprint density at radius 3 is 3.13 bits per heavy atom. The lowest BCUT2D eigenvalue weighted by Gasteiger charge is -2.14. The monoisotopic (exact) mass is 224 g/mol. The summed E-state index contributed by atoms with van der Waals surface area (Å²) in [5, 5.41) is 3.23. The van der Waals surface area contributed by atoms with Crippen molar-refractivity contribution in [1.82, 2.24) is 10.3 Å². The first-order valence-electron chi connectivity index (χ1n) is 4.91. The van der Waals surface area contributed by atoms with Gasteiger partial charge < -0.3 is 9.73 Å². The van der Waals surface area contributed by atoms with Crippen LogP contribution in [0.5, 0.6) is 0 Å². The van der Waals surface area contributed by atoms with Crippen LogP contribution in [-0.4, -0.2) is 17.9 Å². The lowest BCUT2D eigenvalue weighted by atomic mass is 10.0. The first-order valence-corrected chi connectivity index (χ1v) is 5.45. The average molecular weight is 225 g/mol. The number of oxazole rings is 1. The number of fused-ring (bicyclic) bond motifs is 1. The number of halogens is 1. The van der Waals surface area contributed by atoms with Crippen molar-refractivity contribution in [3.8, 4) is 0 Å². The molecule has 1 atom stereocenters. The lowest BCUT2D eigenvalue weighted by molar-refractivity contribution is 0.574. The van der Waals surface area contributed by atoms with Crippen molar-refractivity contribution in [1.29, 1.82) is 0 Å². The van der Waals surface area contributed by atoms with E-state index in [1.54, 1.807) is 0 Å². The third-order valence-corrected chi connectivity index (χ3v) is 2.72. The largest absolute Gasteiger partial charge is 0.443 e.